The number of carboxylic acids is 1. The first kappa shape index (κ1) is 61.9. The molecule has 0 saturated heterocycles. The maximum Gasteiger partial charge on any atom is 0.472 e. The minimum Gasteiger partial charge on any atom is -0.480 e. The number of aliphatic hydroxyl groups is 1. The van der Waals surface area contributed by atoms with Gasteiger partial charge in [-0.25, -0.2) is 9.36 Å². The van der Waals surface area contributed by atoms with Gasteiger partial charge in [0.05, 0.1) is 13.2 Å². The van der Waals surface area contributed by atoms with Crippen molar-refractivity contribution in [3.8, 4) is 0 Å². The van der Waals surface area contributed by atoms with Gasteiger partial charge in [-0.1, -0.05) is 174 Å². The van der Waals surface area contributed by atoms with Crippen LogP contribution in [-0.4, -0.2) is 64.9 Å². The van der Waals surface area contributed by atoms with E-state index in [0.29, 0.717) is 19.3 Å². The van der Waals surface area contributed by atoms with E-state index >= 15 is 0 Å². The van der Waals surface area contributed by atoms with Crippen LogP contribution in [0, 0.1) is 0 Å². The Labute approximate surface area is 398 Å². The molecule has 0 aliphatic rings. The van der Waals surface area contributed by atoms with Crippen LogP contribution < -0.4 is 5.32 Å². The number of rotatable bonds is 44. The number of carbonyl (C=O) groups is 3. The van der Waals surface area contributed by atoms with Gasteiger partial charge in [-0.2, -0.15) is 0 Å². The summed E-state index contributed by atoms with van der Waals surface area (Å²) in [5.41, 5.74) is 0. The Morgan fingerprint density at radius 1 is 0.500 bits per heavy atom. The molecule has 0 bridgehead atoms. The van der Waals surface area contributed by atoms with Crippen LogP contribution in [0.4, 0.5) is 0 Å². The molecular weight excluding hydrogens is 854 g/mol. The quantitative estimate of drug-likeness (QED) is 0.0200. The number of nitrogens with one attached hydrogen (secondary N) is 1. The monoisotopic (exact) mass is 940 g/mol. The number of carbonyl (C=O) groups excluding carboxylic acids is 2. The average Bonchev–Trinajstić information content (AvgIpc) is 3.29. The van der Waals surface area contributed by atoms with Crippen LogP contribution in [0.15, 0.2) is 122 Å². The van der Waals surface area contributed by atoms with Gasteiger partial charge in [0.25, 0.3) is 0 Å². The number of ether oxygens (including phenoxy) is 1. The molecule has 0 aromatic rings. The Morgan fingerprint density at radius 3 is 1.35 bits per heavy atom. The summed E-state index contributed by atoms with van der Waals surface area (Å²) in [6, 6.07) is -1.57. The van der Waals surface area contributed by atoms with E-state index in [1.54, 1.807) is 0 Å². The van der Waals surface area contributed by atoms with E-state index < -0.39 is 57.6 Å². The zero-order valence-corrected chi connectivity index (χ0v) is 41.3. The van der Waals surface area contributed by atoms with Crippen molar-refractivity contribution in [1.29, 1.82) is 0 Å². The summed E-state index contributed by atoms with van der Waals surface area (Å²) in [6.45, 7) is 2.37. The predicted octanol–water partition coefficient (Wildman–Crippen LogP) is 13.6. The maximum atomic E-state index is 12.4. The largest absolute Gasteiger partial charge is 0.480 e. The lowest BCUT2D eigenvalue weighted by Crippen LogP contribution is -2.43. The lowest BCUT2D eigenvalue weighted by molar-refractivity contribution is -0.147. The number of allylic oxidation sites excluding steroid dienone is 20. The Kier molecular flexibility index (Phi) is 44.4. The molecule has 0 saturated carbocycles. The smallest absolute Gasteiger partial charge is 0.472 e. The van der Waals surface area contributed by atoms with Crippen molar-refractivity contribution < 1.29 is 47.8 Å². The van der Waals surface area contributed by atoms with Gasteiger partial charge in [0.15, 0.2) is 6.04 Å². The molecule has 0 rings (SSSR count). The van der Waals surface area contributed by atoms with Gasteiger partial charge >= 0.3 is 19.8 Å². The molecule has 1 amide bonds. The number of aliphatic carboxylic acids is 1. The molecule has 12 heteroatoms. The van der Waals surface area contributed by atoms with Crippen LogP contribution in [0.1, 0.15) is 168 Å². The Bertz CT molecular complexity index is 1570. The number of unbranched alkanes of at least 4 members (excludes halogenated alkanes) is 10. The number of esters is 1. The second-order valence-corrected chi connectivity index (χ2v) is 17.4. The van der Waals surface area contributed by atoms with Crippen molar-refractivity contribution in [1.82, 2.24) is 5.32 Å². The third-order valence-corrected chi connectivity index (χ3v) is 10.7. The summed E-state index contributed by atoms with van der Waals surface area (Å²) in [4.78, 5) is 46.1. The summed E-state index contributed by atoms with van der Waals surface area (Å²) >= 11 is 0. The first-order valence-electron chi connectivity index (χ1n) is 24.6. The second-order valence-electron chi connectivity index (χ2n) is 15.9. The van der Waals surface area contributed by atoms with Gasteiger partial charge in [0, 0.05) is 12.8 Å². The standard InChI is InChI=1S/C54H86NO10P/c1-3-5-7-9-11-13-15-17-19-21-23-24-25-26-28-30-32-34-36-38-40-42-44-46-53(58)63-47-50(56)48-64-66(61,62)65-49-51(54(59)60)55-52(57)45-43-41-39-37-35-33-31-29-27-22-20-18-16-14-12-10-8-6-4-2/h5,7,11-14,17-20,23-24,26-29,32,34,38,40,50-51,56H,3-4,6,8-10,15-16,21-22,25,30-31,33,35-37,39,41-49H2,1-2H3,(H,55,57)(H,59,60)(H,61,62)/b7-5-,13-11-,14-12-,19-17-,20-18-,24-23-,28-26-,29-27-,34-32-,40-38-. The van der Waals surface area contributed by atoms with E-state index in [1.165, 1.54) is 25.7 Å². The lowest BCUT2D eigenvalue weighted by Gasteiger charge is -2.18. The zero-order chi connectivity index (χ0) is 48.4. The van der Waals surface area contributed by atoms with Crippen LogP contribution in [-0.2, 0) is 32.7 Å². The predicted molar refractivity (Wildman–Crippen MR) is 272 cm³/mol. The van der Waals surface area contributed by atoms with E-state index in [4.69, 9.17) is 13.8 Å². The van der Waals surface area contributed by atoms with Crippen molar-refractivity contribution in [3.05, 3.63) is 122 Å². The second kappa shape index (κ2) is 47.4. The van der Waals surface area contributed by atoms with Gasteiger partial charge in [0.1, 0.15) is 12.7 Å². The van der Waals surface area contributed by atoms with Crippen molar-refractivity contribution in [2.45, 2.75) is 180 Å². The van der Waals surface area contributed by atoms with Crippen LogP contribution >= 0.6 is 7.82 Å². The molecule has 372 valence electrons. The van der Waals surface area contributed by atoms with E-state index in [-0.39, 0.29) is 12.8 Å². The van der Waals surface area contributed by atoms with E-state index in [1.807, 2.05) is 12.2 Å². The number of hydrogen-bond donors (Lipinski definition) is 4. The fraction of sp³-hybridized carbons (Fsp3) is 0.574. The van der Waals surface area contributed by atoms with Gasteiger partial charge in [-0.15, -0.1) is 0 Å². The highest BCUT2D eigenvalue weighted by Crippen LogP contribution is 2.43. The summed E-state index contributed by atoms with van der Waals surface area (Å²) < 4.78 is 26.9. The first-order chi connectivity index (χ1) is 32.1. The van der Waals surface area contributed by atoms with E-state index in [9.17, 15) is 34.1 Å². The van der Waals surface area contributed by atoms with Crippen molar-refractivity contribution in [3.63, 3.8) is 0 Å². The number of amides is 1. The third-order valence-electron chi connectivity index (χ3n) is 9.73. The molecule has 0 radical (unpaired) electrons. The van der Waals surface area contributed by atoms with Crippen molar-refractivity contribution in [2.75, 3.05) is 19.8 Å². The molecule has 66 heavy (non-hydrogen) atoms. The fourth-order valence-electron chi connectivity index (χ4n) is 5.96. The Morgan fingerprint density at radius 2 is 0.894 bits per heavy atom. The maximum absolute atomic E-state index is 12.4. The molecule has 0 aliphatic carbocycles. The molecule has 3 unspecified atom stereocenters. The molecule has 3 atom stereocenters. The van der Waals surface area contributed by atoms with Crippen molar-refractivity contribution in [2.24, 2.45) is 0 Å². The van der Waals surface area contributed by atoms with Crippen LogP contribution in [0.5, 0.6) is 0 Å². The molecule has 0 heterocycles. The highest BCUT2D eigenvalue weighted by molar-refractivity contribution is 7.47. The number of carboxylic acid groups (broad SMARTS) is 1. The number of hydrogen-bond acceptors (Lipinski definition) is 8. The molecule has 0 fully saturated rings. The molecule has 0 aliphatic heterocycles. The normalized spacial score (nSPS) is 14.6. The van der Waals surface area contributed by atoms with Crippen LogP contribution in [0.25, 0.3) is 0 Å². The van der Waals surface area contributed by atoms with E-state index in [2.05, 4.69) is 129 Å². The molecule has 0 aromatic carbocycles. The lowest BCUT2D eigenvalue weighted by atomic mass is 10.1. The molecular formula is C54H86NO10P. The molecule has 0 spiro atoms. The number of aliphatic hydroxyl groups excluding tert-OH is 1. The summed E-state index contributed by atoms with van der Waals surface area (Å²) in [5, 5.41) is 21.9. The van der Waals surface area contributed by atoms with Crippen molar-refractivity contribution >= 4 is 25.7 Å². The van der Waals surface area contributed by atoms with Crippen LogP contribution in [0.2, 0.25) is 0 Å². The minimum atomic E-state index is -4.79. The number of phosphoric acid groups is 1. The first-order valence-corrected chi connectivity index (χ1v) is 26.1. The van der Waals surface area contributed by atoms with E-state index in [0.717, 1.165) is 96.3 Å². The van der Waals surface area contributed by atoms with Gasteiger partial charge in [-0.05, 0) is 103 Å². The summed E-state index contributed by atoms with van der Waals surface area (Å²) in [7, 11) is -4.79. The SMILES string of the molecule is CC/C=C\C/C=C\C/C=C\C/C=C\C/C=C\C/C=C\C/C=C\CCCC(=O)OCC(O)COP(=O)(O)OCC(NC(=O)CCCCCCCC/C=C\C/C=C\C/C=C\CCCCC)C(=O)O. The highest BCUT2D eigenvalue weighted by Gasteiger charge is 2.28. The number of phosphoric ester groups is 1. The van der Waals surface area contributed by atoms with Gasteiger partial charge < -0.3 is 25.2 Å². The summed E-state index contributed by atoms with van der Waals surface area (Å²) in [6.07, 6.45) is 63.6. The zero-order valence-electron chi connectivity index (χ0n) is 40.4. The minimum absolute atomic E-state index is 0.120. The Balaban J connectivity index is 3.99. The van der Waals surface area contributed by atoms with Crippen LogP contribution in [0.3, 0.4) is 0 Å². The van der Waals surface area contributed by atoms with Gasteiger partial charge in [0.2, 0.25) is 5.91 Å². The Hall–Kier alpha value is -4.12. The van der Waals surface area contributed by atoms with Gasteiger partial charge in [-0.3, -0.25) is 18.6 Å². The highest BCUT2D eigenvalue weighted by atomic mass is 31.2. The molecule has 11 nitrogen and oxygen atoms in total. The molecule has 4 N–H and O–H groups in total. The third kappa shape index (κ3) is 46.4. The topological polar surface area (TPSA) is 169 Å². The summed E-state index contributed by atoms with van der Waals surface area (Å²) in [5.74, 6) is -2.47. The molecule has 0 aromatic heterocycles. The average molecular weight is 940 g/mol. The fourth-order valence-corrected chi connectivity index (χ4v) is 6.73.